The SMILES string of the molecule is O=C(NC[C@@H](CC1CCCC1)C(=O)NNc1nc(Cl)nc(NCCc2ccsc2)c1F)OC1CCCCO1.O=C(O)NC[C@@H](CC1CCCC1)C(=O)NNc1nc(Cl)nc(NCCc2ccsc2)c1F. The highest BCUT2D eigenvalue weighted by Gasteiger charge is 2.29. The van der Waals surface area contributed by atoms with E-state index in [0.29, 0.717) is 63.6 Å². The minimum absolute atomic E-state index is 0.0260. The van der Waals surface area contributed by atoms with Gasteiger partial charge in [0, 0.05) is 32.6 Å². The van der Waals surface area contributed by atoms with Gasteiger partial charge in [-0.2, -0.15) is 51.4 Å². The largest absolute Gasteiger partial charge is 0.465 e. The van der Waals surface area contributed by atoms with Crippen LogP contribution < -0.4 is 43.0 Å². The Bertz CT molecular complexity index is 2270. The van der Waals surface area contributed by atoms with Gasteiger partial charge in [-0.05, 0) is 118 Å². The lowest BCUT2D eigenvalue weighted by Crippen LogP contribution is -2.43. The van der Waals surface area contributed by atoms with Gasteiger partial charge in [0.1, 0.15) is 0 Å². The van der Waals surface area contributed by atoms with E-state index in [0.717, 1.165) is 75.3 Å². The summed E-state index contributed by atoms with van der Waals surface area (Å²) in [7, 11) is 0. The molecule has 3 fully saturated rings. The number of halogens is 4. The number of hydrazine groups is 2. The third-order valence-corrected chi connectivity index (χ3v) is 13.9. The molecule has 0 spiro atoms. The number of amides is 4. The number of rotatable bonds is 23. The van der Waals surface area contributed by atoms with Crippen molar-refractivity contribution in [3.8, 4) is 0 Å². The summed E-state index contributed by atoms with van der Waals surface area (Å²) in [6.07, 6.45) is 11.2. The van der Waals surface area contributed by atoms with Gasteiger partial charge in [0.25, 0.3) is 0 Å². The maximum Gasteiger partial charge on any atom is 0.409 e. The number of thiophene rings is 2. The number of carbonyl (C=O) groups is 4. The first kappa shape index (κ1) is 54.0. The second-order valence-corrected chi connectivity index (χ2v) is 19.5. The van der Waals surface area contributed by atoms with E-state index >= 15 is 4.39 Å². The Kier molecular flexibility index (Phi) is 22.0. The van der Waals surface area contributed by atoms with Gasteiger partial charge >= 0.3 is 12.2 Å². The summed E-state index contributed by atoms with van der Waals surface area (Å²) in [5.74, 6) is -3.45. The van der Waals surface area contributed by atoms with Crippen LogP contribution >= 0.6 is 45.9 Å². The van der Waals surface area contributed by atoms with Crippen LogP contribution in [0.4, 0.5) is 41.6 Å². The molecule has 4 aromatic heterocycles. The molecule has 70 heavy (non-hydrogen) atoms. The van der Waals surface area contributed by atoms with Gasteiger partial charge < -0.3 is 35.8 Å². The van der Waals surface area contributed by atoms with Crippen molar-refractivity contribution in [2.75, 3.05) is 54.3 Å². The number of nitrogens with one attached hydrogen (secondary N) is 8. The average molecular weight is 1050 g/mol. The summed E-state index contributed by atoms with van der Waals surface area (Å²) >= 11 is 15.1. The topological polar surface area (TPSA) is 255 Å². The molecule has 4 amide bonds. The molecule has 25 heteroatoms. The molecule has 1 aliphatic heterocycles. The number of carboxylic acid groups (broad SMARTS) is 1. The van der Waals surface area contributed by atoms with Crippen molar-refractivity contribution in [3.05, 3.63) is 67.0 Å². The Morgan fingerprint density at radius 1 is 0.686 bits per heavy atom. The molecule has 9 N–H and O–H groups in total. The second-order valence-electron chi connectivity index (χ2n) is 17.3. The van der Waals surface area contributed by atoms with Gasteiger partial charge in [-0.25, -0.2) is 9.59 Å². The molecule has 3 aliphatic rings. The van der Waals surface area contributed by atoms with E-state index < -0.39 is 53.8 Å². The predicted octanol–water partition coefficient (Wildman–Crippen LogP) is 8.77. The zero-order valence-electron chi connectivity index (χ0n) is 38.5. The first-order chi connectivity index (χ1) is 33.9. The molecule has 1 unspecified atom stereocenters. The Labute approximate surface area is 422 Å². The van der Waals surface area contributed by atoms with Crippen molar-refractivity contribution in [1.29, 1.82) is 0 Å². The predicted molar refractivity (Wildman–Crippen MR) is 265 cm³/mol. The van der Waals surface area contributed by atoms with Crippen LogP contribution in [0.2, 0.25) is 10.6 Å². The highest BCUT2D eigenvalue weighted by Crippen LogP contribution is 2.32. The van der Waals surface area contributed by atoms with Gasteiger partial charge in [0.15, 0.2) is 23.3 Å². The number of anilines is 4. The van der Waals surface area contributed by atoms with Crippen molar-refractivity contribution < 1.29 is 42.5 Å². The minimum Gasteiger partial charge on any atom is -0.465 e. The molecule has 5 heterocycles. The summed E-state index contributed by atoms with van der Waals surface area (Å²) < 4.78 is 40.6. The summed E-state index contributed by atoms with van der Waals surface area (Å²) in [5, 5.41) is 27.3. The Morgan fingerprint density at radius 2 is 1.14 bits per heavy atom. The van der Waals surface area contributed by atoms with Gasteiger partial charge in [0.2, 0.25) is 40.3 Å². The molecular weight excluding hydrogens is 994 g/mol. The molecule has 2 saturated carbocycles. The molecule has 0 bridgehead atoms. The first-order valence-corrected chi connectivity index (χ1v) is 26.1. The molecule has 0 aromatic carbocycles. The highest BCUT2D eigenvalue weighted by molar-refractivity contribution is 7.08. The average Bonchev–Trinajstić information content (AvgIpc) is 4.21. The van der Waals surface area contributed by atoms with E-state index in [-0.39, 0.29) is 46.9 Å². The maximum absolute atomic E-state index is 15.0. The van der Waals surface area contributed by atoms with E-state index in [1.165, 1.54) is 0 Å². The molecule has 3 atom stereocenters. The fraction of sp³-hybridized carbons (Fsp3) is 0.556. The number of ether oxygens (including phenoxy) is 2. The maximum atomic E-state index is 15.0. The third-order valence-electron chi connectivity index (χ3n) is 12.1. The van der Waals surface area contributed by atoms with Crippen molar-refractivity contribution in [3.63, 3.8) is 0 Å². The Hall–Kier alpha value is -5.36. The monoisotopic (exact) mass is 1050 g/mol. The Morgan fingerprint density at radius 3 is 1.57 bits per heavy atom. The molecule has 7 rings (SSSR count). The molecule has 0 radical (unpaired) electrons. The number of alkyl carbamates (subject to hydrolysis) is 1. The molecule has 19 nitrogen and oxygen atoms in total. The number of hydrogen-bond donors (Lipinski definition) is 9. The van der Waals surface area contributed by atoms with Gasteiger partial charge in [-0.3, -0.25) is 31.3 Å². The van der Waals surface area contributed by atoms with Crippen LogP contribution in [0.15, 0.2) is 33.7 Å². The molecule has 4 aromatic rings. The van der Waals surface area contributed by atoms with E-state index in [2.05, 4.69) is 62.9 Å². The van der Waals surface area contributed by atoms with Crippen LogP contribution in [-0.2, 0) is 31.9 Å². The highest BCUT2D eigenvalue weighted by atomic mass is 35.5. The number of nitrogens with zero attached hydrogens (tertiary/aromatic N) is 4. The zero-order chi connectivity index (χ0) is 49.7. The summed E-state index contributed by atoms with van der Waals surface area (Å²) in [4.78, 5) is 64.4. The lowest BCUT2D eigenvalue weighted by Gasteiger charge is -2.24. The van der Waals surface area contributed by atoms with E-state index in [1.54, 1.807) is 22.7 Å². The van der Waals surface area contributed by atoms with E-state index in [9.17, 15) is 23.6 Å². The standard InChI is InChI=1S/C25H34ClFN6O4S.C20H26ClFN6O3S/c26-24-30-21(28-10-8-17-9-12-38-15-17)20(27)22(31-24)32-33-23(34)18(13-16-5-1-2-6-16)14-29-25(35)37-19-7-3-4-11-36-19;21-19-25-16(23-7-5-13-6-8-32-11-13)15(22)17(26-19)27-28-18(29)14(10-24-20(30)31)9-12-3-1-2-4-12/h9,12,15-16,18-19H,1-8,10-11,13-14H2,(H,29,35)(H,33,34)(H2,28,30,31,32);6,8,11-12,14,24H,1-5,7,9-10H2,(H,28,29)(H,30,31)(H2,23,25,26,27)/t18-,19?;14-/m11/s1. The van der Waals surface area contributed by atoms with Crippen molar-refractivity contribution in [2.24, 2.45) is 23.7 Å². The molecule has 382 valence electrons. The molecule has 1 saturated heterocycles. The quantitative estimate of drug-likeness (QED) is 0.0249. The molecular formula is C45H60Cl2F2N12O7S2. The van der Waals surface area contributed by atoms with Crippen molar-refractivity contribution in [1.82, 2.24) is 41.4 Å². The fourth-order valence-electron chi connectivity index (χ4n) is 8.45. The fourth-order valence-corrected chi connectivity index (χ4v) is 10.2. The third kappa shape index (κ3) is 18.1. The number of hydrogen-bond acceptors (Lipinski definition) is 16. The smallest absolute Gasteiger partial charge is 0.409 e. The van der Waals surface area contributed by atoms with Gasteiger partial charge in [-0.1, -0.05) is 51.4 Å². The van der Waals surface area contributed by atoms with Crippen LogP contribution in [0.1, 0.15) is 94.6 Å². The lowest BCUT2D eigenvalue weighted by molar-refractivity contribution is -0.128. The zero-order valence-corrected chi connectivity index (χ0v) is 41.7. The summed E-state index contributed by atoms with van der Waals surface area (Å²) in [5.41, 5.74) is 12.2. The normalized spacial score (nSPS) is 16.8. The van der Waals surface area contributed by atoms with Crippen molar-refractivity contribution >= 4 is 93.1 Å². The van der Waals surface area contributed by atoms with Crippen LogP contribution in [0, 0.1) is 35.3 Å². The number of aromatic nitrogens is 4. The minimum atomic E-state index is -1.20. The second kappa shape index (κ2) is 28.5. The lowest BCUT2D eigenvalue weighted by atomic mass is 9.92. The van der Waals surface area contributed by atoms with Gasteiger partial charge in [-0.15, -0.1) is 0 Å². The number of carbonyl (C=O) groups excluding carboxylic acids is 3. The van der Waals surface area contributed by atoms with Crippen LogP contribution in [0.3, 0.4) is 0 Å². The van der Waals surface area contributed by atoms with Crippen LogP contribution in [0.5, 0.6) is 0 Å². The first-order valence-electron chi connectivity index (χ1n) is 23.5. The van der Waals surface area contributed by atoms with Gasteiger partial charge in [0.05, 0.1) is 18.4 Å². The molecule has 2 aliphatic carbocycles. The summed E-state index contributed by atoms with van der Waals surface area (Å²) in [6, 6.07) is 3.98. The van der Waals surface area contributed by atoms with E-state index in [1.807, 2.05) is 33.7 Å². The van der Waals surface area contributed by atoms with E-state index in [4.69, 9.17) is 37.8 Å². The Balaban J connectivity index is 0.000000233. The summed E-state index contributed by atoms with van der Waals surface area (Å²) in [6.45, 7) is 1.51. The van der Waals surface area contributed by atoms with Crippen LogP contribution in [0.25, 0.3) is 0 Å². The van der Waals surface area contributed by atoms with Crippen LogP contribution in [-0.4, -0.2) is 88.1 Å². The van der Waals surface area contributed by atoms with Crippen molar-refractivity contribution in [2.45, 2.75) is 103 Å².